The van der Waals surface area contributed by atoms with Crippen molar-refractivity contribution in [3.63, 3.8) is 0 Å². The average Bonchev–Trinajstić information content (AvgIpc) is 2.82. The molecule has 0 saturated heterocycles. The number of nitrogens with zero attached hydrogens (tertiary/aromatic N) is 3. The monoisotopic (exact) mass is 276 g/mol. The summed E-state index contributed by atoms with van der Waals surface area (Å²) in [6.07, 6.45) is 3.24. The first kappa shape index (κ1) is 13.2. The van der Waals surface area contributed by atoms with Gasteiger partial charge in [0.15, 0.2) is 10.6 Å². The number of nitrogens with one attached hydrogen (secondary N) is 1. The van der Waals surface area contributed by atoms with Gasteiger partial charge in [-0.1, -0.05) is 18.8 Å². The van der Waals surface area contributed by atoms with Gasteiger partial charge < -0.3 is 10.1 Å². The Morgan fingerprint density at radius 2 is 2.42 bits per heavy atom. The number of esters is 1. The molecular weight excluding hydrogens is 264 g/mol. The fourth-order valence-electron chi connectivity index (χ4n) is 1.48. The Labute approximate surface area is 115 Å². The van der Waals surface area contributed by atoms with Gasteiger partial charge in [-0.05, 0) is 19.1 Å². The van der Waals surface area contributed by atoms with Crippen LogP contribution in [0.1, 0.15) is 12.6 Å². The van der Waals surface area contributed by atoms with Crippen LogP contribution in [0.4, 0.5) is 0 Å². The first-order valence-corrected chi connectivity index (χ1v) is 6.00. The summed E-state index contributed by atoms with van der Waals surface area (Å²) in [7, 11) is 0. The van der Waals surface area contributed by atoms with E-state index in [1.165, 1.54) is 0 Å². The molecule has 0 radical (unpaired) electrons. The van der Waals surface area contributed by atoms with Crippen LogP contribution in [0.3, 0.4) is 0 Å². The van der Waals surface area contributed by atoms with Crippen LogP contribution >= 0.6 is 12.2 Å². The standard InChI is InChI=1S/C12H12N4O2S/c1-3-18-12(17)11(19)15-8(2)9-7-13-10-5-4-6-14-16(9)10/h4-7H,2-3H2,1H3,(H,15,19). The number of carbonyl (C=O) groups excluding carboxylic acids is 1. The predicted octanol–water partition coefficient (Wildman–Crippen LogP) is 1.18. The maximum Gasteiger partial charge on any atom is 0.366 e. The van der Waals surface area contributed by atoms with Crippen molar-refractivity contribution in [1.29, 1.82) is 0 Å². The third-order valence-corrected chi connectivity index (χ3v) is 2.58. The van der Waals surface area contributed by atoms with E-state index in [-0.39, 0.29) is 11.6 Å². The Bertz CT molecular complexity index is 650. The second-order valence-corrected chi connectivity index (χ2v) is 4.00. The number of imidazole rings is 1. The van der Waals surface area contributed by atoms with E-state index in [1.807, 2.05) is 6.07 Å². The Hall–Kier alpha value is -2.28. The summed E-state index contributed by atoms with van der Waals surface area (Å²) in [5, 5.41) is 6.87. The molecule has 0 aromatic carbocycles. The summed E-state index contributed by atoms with van der Waals surface area (Å²) in [5.41, 5.74) is 1.74. The van der Waals surface area contributed by atoms with Gasteiger partial charge in [-0.15, -0.1) is 0 Å². The number of fused-ring (bicyclic) bond motifs is 1. The lowest BCUT2D eigenvalue weighted by Crippen LogP contribution is -2.29. The predicted molar refractivity (Wildman–Crippen MR) is 74.4 cm³/mol. The van der Waals surface area contributed by atoms with Gasteiger partial charge in [0.2, 0.25) is 0 Å². The molecule has 0 spiro atoms. The molecule has 2 rings (SSSR count). The highest BCUT2D eigenvalue weighted by Crippen LogP contribution is 2.11. The van der Waals surface area contributed by atoms with Crippen molar-refractivity contribution in [3.8, 4) is 0 Å². The zero-order valence-electron chi connectivity index (χ0n) is 10.3. The average molecular weight is 276 g/mol. The van der Waals surface area contributed by atoms with Crippen molar-refractivity contribution < 1.29 is 9.53 Å². The largest absolute Gasteiger partial charge is 0.461 e. The van der Waals surface area contributed by atoms with Crippen molar-refractivity contribution in [1.82, 2.24) is 19.9 Å². The SMILES string of the molecule is C=C(NC(=S)C(=O)OCC)c1cnc2cccnn12. The summed E-state index contributed by atoms with van der Waals surface area (Å²) in [6, 6.07) is 3.60. The van der Waals surface area contributed by atoms with Crippen LogP contribution in [0.2, 0.25) is 0 Å². The number of hydrogen-bond donors (Lipinski definition) is 1. The molecule has 0 amide bonds. The zero-order chi connectivity index (χ0) is 13.8. The summed E-state index contributed by atoms with van der Waals surface area (Å²) in [6.45, 7) is 5.80. The molecule has 2 heterocycles. The fourth-order valence-corrected chi connectivity index (χ4v) is 1.67. The highest BCUT2D eigenvalue weighted by molar-refractivity contribution is 7.82. The van der Waals surface area contributed by atoms with Crippen LogP contribution < -0.4 is 5.32 Å². The van der Waals surface area contributed by atoms with Crippen LogP contribution in [-0.4, -0.2) is 32.2 Å². The quantitative estimate of drug-likeness (QED) is 0.670. The first-order valence-electron chi connectivity index (χ1n) is 5.59. The Kier molecular flexibility index (Phi) is 3.86. The Morgan fingerprint density at radius 1 is 1.63 bits per heavy atom. The maximum atomic E-state index is 11.4. The van der Waals surface area contributed by atoms with E-state index in [0.29, 0.717) is 17.0 Å². The van der Waals surface area contributed by atoms with E-state index >= 15 is 0 Å². The van der Waals surface area contributed by atoms with Crippen molar-refractivity contribution in [2.24, 2.45) is 0 Å². The van der Waals surface area contributed by atoms with Gasteiger partial charge in [0.1, 0.15) is 5.69 Å². The van der Waals surface area contributed by atoms with Gasteiger partial charge in [0, 0.05) is 6.20 Å². The maximum absolute atomic E-state index is 11.4. The molecule has 1 N–H and O–H groups in total. The molecule has 19 heavy (non-hydrogen) atoms. The van der Waals surface area contributed by atoms with Crippen LogP contribution in [0.15, 0.2) is 31.1 Å². The number of hydrogen-bond acceptors (Lipinski definition) is 5. The third-order valence-electron chi connectivity index (χ3n) is 2.31. The van der Waals surface area contributed by atoms with Gasteiger partial charge in [-0.2, -0.15) is 5.10 Å². The lowest BCUT2D eigenvalue weighted by atomic mass is 10.3. The minimum atomic E-state index is -0.583. The highest BCUT2D eigenvalue weighted by atomic mass is 32.1. The normalized spacial score (nSPS) is 10.2. The van der Waals surface area contributed by atoms with Crippen molar-refractivity contribution in [2.75, 3.05) is 6.61 Å². The van der Waals surface area contributed by atoms with Gasteiger partial charge >= 0.3 is 5.97 Å². The van der Waals surface area contributed by atoms with E-state index in [1.54, 1.807) is 29.9 Å². The lowest BCUT2D eigenvalue weighted by Gasteiger charge is -2.08. The highest BCUT2D eigenvalue weighted by Gasteiger charge is 2.14. The molecule has 98 valence electrons. The lowest BCUT2D eigenvalue weighted by molar-refractivity contribution is -0.134. The molecule has 7 heteroatoms. The van der Waals surface area contributed by atoms with Crippen molar-refractivity contribution in [3.05, 3.63) is 36.8 Å². The molecule has 0 aliphatic rings. The van der Waals surface area contributed by atoms with Crippen LogP contribution in [0.25, 0.3) is 11.3 Å². The summed E-state index contributed by atoms with van der Waals surface area (Å²) in [5.74, 6) is -0.583. The molecule has 2 aromatic rings. The molecule has 2 aromatic heterocycles. The number of ether oxygens (including phenoxy) is 1. The second kappa shape index (κ2) is 5.57. The first-order chi connectivity index (χ1) is 9.13. The molecular formula is C12H12N4O2S. The number of rotatable bonds is 3. The zero-order valence-corrected chi connectivity index (χ0v) is 11.1. The van der Waals surface area contributed by atoms with Crippen molar-refractivity contribution >= 4 is 34.5 Å². The molecule has 0 aliphatic heterocycles. The number of aromatic nitrogens is 3. The van der Waals surface area contributed by atoms with Crippen LogP contribution in [0.5, 0.6) is 0 Å². The molecule has 0 bridgehead atoms. The molecule has 6 nitrogen and oxygen atoms in total. The molecule has 0 unspecified atom stereocenters. The Morgan fingerprint density at radius 3 is 3.16 bits per heavy atom. The summed E-state index contributed by atoms with van der Waals surface area (Å²) in [4.78, 5) is 15.5. The van der Waals surface area contributed by atoms with Gasteiger partial charge in [0.25, 0.3) is 0 Å². The summed E-state index contributed by atoms with van der Waals surface area (Å²) < 4.78 is 6.39. The topological polar surface area (TPSA) is 68.5 Å². The van der Waals surface area contributed by atoms with E-state index in [4.69, 9.17) is 17.0 Å². The molecule has 0 atom stereocenters. The Balaban J connectivity index is 2.16. The van der Waals surface area contributed by atoms with E-state index in [9.17, 15) is 4.79 Å². The van der Waals surface area contributed by atoms with E-state index in [2.05, 4.69) is 22.0 Å². The number of thiocarbonyl (C=S) groups is 1. The number of carbonyl (C=O) groups is 1. The second-order valence-electron chi connectivity index (χ2n) is 3.59. The molecule has 0 fully saturated rings. The smallest absolute Gasteiger partial charge is 0.366 e. The van der Waals surface area contributed by atoms with Crippen molar-refractivity contribution in [2.45, 2.75) is 6.92 Å². The fraction of sp³-hybridized carbons (Fsp3) is 0.167. The molecule has 0 aliphatic carbocycles. The van der Waals surface area contributed by atoms with E-state index in [0.717, 1.165) is 0 Å². The van der Waals surface area contributed by atoms with Crippen LogP contribution in [0, 0.1) is 0 Å². The minimum absolute atomic E-state index is 0.0438. The van der Waals surface area contributed by atoms with Gasteiger partial charge in [-0.3, -0.25) is 0 Å². The molecule has 0 saturated carbocycles. The van der Waals surface area contributed by atoms with E-state index < -0.39 is 5.97 Å². The minimum Gasteiger partial charge on any atom is -0.461 e. The third kappa shape index (κ3) is 2.76. The van der Waals surface area contributed by atoms with Crippen LogP contribution in [-0.2, 0) is 9.53 Å². The van der Waals surface area contributed by atoms with Gasteiger partial charge in [0.05, 0.1) is 18.5 Å². The van der Waals surface area contributed by atoms with Gasteiger partial charge in [-0.25, -0.2) is 14.3 Å². The summed E-state index contributed by atoms with van der Waals surface area (Å²) >= 11 is 4.92.